The fourth-order valence-corrected chi connectivity index (χ4v) is 6.31. The molecule has 3 heterocycles. The van der Waals surface area contributed by atoms with E-state index in [1.54, 1.807) is 0 Å². The van der Waals surface area contributed by atoms with Crippen molar-refractivity contribution in [3.05, 3.63) is 64.9 Å². The van der Waals surface area contributed by atoms with Gasteiger partial charge in [0.05, 0.1) is 6.04 Å². The molecule has 3 aliphatic rings. The first-order chi connectivity index (χ1) is 17.9. The van der Waals surface area contributed by atoms with Crippen molar-refractivity contribution in [2.75, 3.05) is 39.4 Å². The number of halogens is 2. The van der Waals surface area contributed by atoms with E-state index in [1.807, 2.05) is 18.2 Å². The zero-order valence-electron chi connectivity index (χ0n) is 21.8. The number of nitrogens with one attached hydrogen (secondary N) is 1. The Balaban J connectivity index is 1.32. The summed E-state index contributed by atoms with van der Waals surface area (Å²) in [6, 6.07) is 10.2. The molecule has 198 valence electrons. The molecule has 3 aromatic rings. The summed E-state index contributed by atoms with van der Waals surface area (Å²) >= 11 is 0. The number of rotatable bonds is 9. The van der Waals surface area contributed by atoms with Gasteiger partial charge in [0.2, 0.25) is 0 Å². The van der Waals surface area contributed by atoms with Gasteiger partial charge in [-0.25, -0.2) is 8.78 Å². The predicted molar refractivity (Wildman–Crippen MR) is 141 cm³/mol. The number of ether oxygens (including phenoxy) is 1. The molecule has 2 aliphatic heterocycles. The number of fused-ring (bicyclic) bond motifs is 3. The fraction of sp³-hybridized carbons (Fsp3) is 0.533. The average molecular weight is 510 g/mol. The predicted octanol–water partition coefficient (Wildman–Crippen LogP) is 5.28. The lowest BCUT2D eigenvalue weighted by atomic mass is 9.87. The first-order valence-electron chi connectivity index (χ1n) is 13.7. The van der Waals surface area contributed by atoms with Crippen LogP contribution in [0.5, 0.6) is 5.75 Å². The van der Waals surface area contributed by atoms with Crippen LogP contribution in [0.25, 0.3) is 10.9 Å². The highest BCUT2D eigenvalue weighted by atomic mass is 19.1. The normalized spacial score (nSPS) is 23.7. The Bertz CT molecular complexity index is 1260. The van der Waals surface area contributed by atoms with E-state index in [9.17, 15) is 5.11 Å². The Hall–Kier alpha value is -2.48. The minimum Gasteiger partial charge on any atom is -0.492 e. The van der Waals surface area contributed by atoms with Gasteiger partial charge in [-0.2, -0.15) is 0 Å². The standard InChI is InChI=1S/C30H37F2N3O2/c1-3-20-15-34(16-20)10-11-37-21-13-24(31)27(25(32)14-21)29-28-23(22-6-4-5-7-26(22)33-28)12-19(2)35(29)17-30(18-36)8-9-30/h4-7,13-14,19-20,29,33,36H,3,8-12,15-18H2,1-2H3/t19-,29-/m1/s1. The van der Waals surface area contributed by atoms with Crippen molar-refractivity contribution in [1.82, 2.24) is 14.8 Å². The van der Waals surface area contributed by atoms with Crippen molar-refractivity contribution in [3.63, 3.8) is 0 Å². The summed E-state index contributed by atoms with van der Waals surface area (Å²) in [6.45, 7) is 8.33. The number of benzene rings is 2. The number of hydrogen-bond donors (Lipinski definition) is 2. The third kappa shape index (κ3) is 4.55. The van der Waals surface area contributed by atoms with Crippen molar-refractivity contribution in [3.8, 4) is 5.75 Å². The SMILES string of the molecule is CCC1CN(CCOc2cc(F)c([C@@H]3c4[nH]c5ccccc5c4C[C@@H](C)N3CC3(CO)CC3)c(F)c2)C1. The van der Waals surface area contributed by atoms with E-state index in [1.165, 1.54) is 18.6 Å². The van der Waals surface area contributed by atoms with Crippen molar-refractivity contribution in [2.24, 2.45) is 11.3 Å². The summed E-state index contributed by atoms with van der Waals surface area (Å²) in [7, 11) is 0. The third-order valence-electron chi connectivity index (χ3n) is 8.94. The van der Waals surface area contributed by atoms with Crippen molar-refractivity contribution in [2.45, 2.75) is 51.6 Å². The Kier molecular flexibility index (Phi) is 6.50. The number of aliphatic hydroxyl groups excluding tert-OH is 1. The maximum atomic E-state index is 15.8. The van der Waals surface area contributed by atoms with Gasteiger partial charge in [0.25, 0.3) is 0 Å². The molecule has 1 aliphatic carbocycles. The molecule has 5 nitrogen and oxygen atoms in total. The topological polar surface area (TPSA) is 51.7 Å². The fourth-order valence-electron chi connectivity index (χ4n) is 6.31. The van der Waals surface area contributed by atoms with Crippen LogP contribution in [0.2, 0.25) is 0 Å². The highest BCUT2D eigenvalue weighted by Gasteiger charge is 2.48. The molecule has 1 saturated carbocycles. The van der Waals surface area contributed by atoms with Gasteiger partial charge in [0, 0.05) is 78.5 Å². The van der Waals surface area contributed by atoms with E-state index >= 15 is 8.78 Å². The lowest BCUT2D eigenvalue weighted by Gasteiger charge is -2.42. The number of aromatic nitrogens is 1. The molecule has 0 spiro atoms. The molecule has 2 atom stereocenters. The lowest BCUT2D eigenvalue weighted by molar-refractivity contribution is 0.0800. The summed E-state index contributed by atoms with van der Waals surface area (Å²) in [5.74, 6) is -0.196. The van der Waals surface area contributed by atoms with Crippen LogP contribution in [0.1, 0.15) is 56.0 Å². The molecule has 2 aromatic carbocycles. The molecule has 1 aromatic heterocycles. The zero-order valence-corrected chi connectivity index (χ0v) is 21.8. The van der Waals surface area contributed by atoms with Gasteiger partial charge >= 0.3 is 0 Å². The first kappa shape index (κ1) is 24.8. The van der Waals surface area contributed by atoms with Crippen LogP contribution in [-0.4, -0.2) is 65.3 Å². The highest BCUT2D eigenvalue weighted by Crippen LogP contribution is 2.50. The van der Waals surface area contributed by atoms with Crippen LogP contribution in [-0.2, 0) is 6.42 Å². The number of aromatic amines is 1. The Morgan fingerprint density at radius 3 is 2.54 bits per heavy atom. The largest absolute Gasteiger partial charge is 0.492 e. The summed E-state index contributed by atoms with van der Waals surface area (Å²) in [5.41, 5.74) is 2.82. The molecule has 6 rings (SSSR count). The number of H-pyrrole nitrogens is 1. The Morgan fingerprint density at radius 1 is 1.14 bits per heavy atom. The number of nitrogens with zero attached hydrogens (tertiary/aromatic N) is 2. The van der Waals surface area contributed by atoms with Crippen molar-refractivity contribution < 1.29 is 18.6 Å². The van der Waals surface area contributed by atoms with E-state index in [4.69, 9.17) is 4.74 Å². The van der Waals surface area contributed by atoms with Crippen LogP contribution in [0, 0.1) is 23.0 Å². The minimum atomic E-state index is -0.601. The second kappa shape index (κ2) is 9.68. The Labute approximate surface area is 217 Å². The molecular formula is C30H37F2N3O2. The van der Waals surface area contributed by atoms with Crippen molar-refractivity contribution in [1.29, 1.82) is 0 Å². The first-order valence-corrected chi connectivity index (χ1v) is 13.7. The van der Waals surface area contributed by atoms with Gasteiger partial charge in [-0.1, -0.05) is 31.5 Å². The molecule has 37 heavy (non-hydrogen) atoms. The number of para-hydroxylation sites is 1. The van der Waals surface area contributed by atoms with Gasteiger partial charge in [0.1, 0.15) is 24.0 Å². The maximum absolute atomic E-state index is 15.8. The van der Waals surface area contributed by atoms with Crippen molar-refractivity contribution >= 4 is 10.9 Å². The van der Waals surface area contributed by atoms with E-state index in [0.29, 0.717) is 13.2 Å². The second-order valence-electron chi connectivity index (χ2n) is 11.5. The molecule has 1 saturated heterocycles. The van der Waals surface area contributed by atoms with Crippen LogP contribution in [0.15, 0.2) is 36.4 Å². The molecular weight excluding hydrogens is 472 g/mol. The molecule has 0 bridgehead atoms. The minimum absolute atomic E-state index is 0.0500. The zero-order chi connectivity index (χ0) is 25.7. The summed E-state index contributed by atoms with van der Waals surface area (Å²) < 4.78 is 37.4. The third-order valence-corrected chi connectivity index (χ3v) is 8.94. The summed E-state index contributed by atoms with van der Waals surface area (Å²) in [6.07, 6.45) is 3.85. The van der Waals surface area contributed by atoms with Gasteiger partial charge in [-0.15, -0.1) is 0 Å². The van der Waals surface area contributed by atoms with Crippen LogP contribution < -0.4 is 4.74 Å². The van der Waals surface area contributed by atoms with Crippen LogP contribution in [0.3, 0.4) is 0 Å². The second-order valence-corrected chi connectivity index (χ2v) is 11.5. The van der Waals surface area contributed by atoms with E-state index in [2.05, 4.69) is 34.7 Å². The van der Waals surface area contributed by atoms with Gasteiger partial charge in [-0.3, -0.25) is 9.80 Å². The highest BCUT2D eigenvalue weighted by molar-refractivity contribution is 5.85. The Morgan fingerprint density at radius 2 is 1.86 bits per heavy atom. The van der Waals surface area contributed by atoms with Crippen LogP contribution >= 0.6 is 0 Å². The maximum Gasteiger partial charge on any atom is 0.135 e. The van der Waals surface area contributed by atoms with Gasteiger partial charge in [0.15, 0.2) is 0 Å². The number of hydrogen-bond acceptors (Lipinski definition) is 4. The smallest absolute Gasteiger partial charge is 0.135 e. The van der Waals surface area contributed by atoms with E-state index < -0.39 is 17.7 Å². The van der Waals surface area contributed by atoms with Gasteiger partial charge < -0.3 is 14.8 Å². The lowest BCUT2D eigenvalue weighted by Crippen LogP contribution is -2.47. The molecule has 7 heteroatoms. The molecule has 2 N–H and O–H groups in total. The quantitative estimate of drug-likeness (QED) is 0.412. The van der Waals surface area contributed by atoms with E-state index in [-0.39, 0.29) is 29.4 Å². The molecule has 2 fully saturated rings. The summed E-state index contributed by atoms with van der Waals surface area (Å²) in [4.78, 5) is 8.00. The number of likely N-dealkylation sites (tertiary alicyclic amines) is 1. The van der Waals surface area contributed by atoms with Crippen LogP contribution in [0.4, 0.5) is 8.78 Å². The molecule has 0 unspecified atom stereocenters. The van der Waals surface area contributed by atoms with E-state index in [0.717, 1.165) is 67.0 Å². The number of aliphatic hydroxyl groups is 1. The molecule has 0 amide bonds. The monoisotopic (exact) mass is 509 g/mol. The average Bonchev–Trinajstić information content (AvgIpc) is 3.54. The molecule has 0 radical (unpaired) electrons. The van der Waals surface area contributed by atoms with Gasteiger partial charge in [-0.05, 0) is 43.7 Å². The summed E-state index contributed by atoms with van der Waals surface area (Å²) in [5, 5.41) is 11.2.